The molecule has 37 heavy (non-hydrogen) atoms. The van der Waals surface area contributed by atoms with E-state index in [-0.39, 0.29) is 48.0 Å². The Bertz CT molecular complexity index is 1380. The summed E-state index contributed by atoms with van der Waals surface area (Å²) in [5, 5.41) is 8.53. The van der Waals surface area contributed by atoms with Crippen molar-refractivity contribution in [2.24, 2.45) is 17.3 Å². The molecule has 0 radical (unpaired) electrons. The Balaban J connectivity index is 0.00000280. The molecule has 0 bridgehead atoms. The first-order valence-electron chi connectivity index (χ1n) is 12.6. The van der Waals surface area contributed by atoms with Crippen LogP contribution in [0.25, 0.3) is 16.8 Å². The van der Waals surface area contributed by atoms with E-state index in [0.29, 0.717) is 11.1 Å². The molecule has 2 aromatic heterocycles. The molecule has 2 aliphatic heterocycles. The van der Waals surface area contributed by atoms with E-state index in [1.54, 1.807) is 10.8 Å². The van der Waals surface area contributed by atoms with Crippen LogP contribution in [0.15, 0.2) is 30.7 Å². The summed E-state index contributed by atoms with van der Waals surface area (Å²) < 4.78 is 1.78. The standard InChI is InChI=1S/C27H31ClN6O2.ClH/c1-15-7-18(28)9-19(20(15)13-32-6-5-29-10-16(32)2)24-21-8-17(12-34(21)31-14-30-24)11-33-25(35)22-23(26(33)36)27(22,3)4;/h7-9,12,14,16,22-23,29H,5-6,10-11,13H2,1-4H3;1H/t16-,22?,23?;/m0./s1. The molecule has 6 rings (SSSR count). The fourth-order valence-electron chi connectivity index (χ4n) is 6.13. The van der Waals surface area contributed by atoms with Crippen LogP contribution in [0.5, 0.6) is 0 Å². The van der Waals surface area contributed by atoms with Gasteiger partial charge in [-0.2, -0.15) is 5.10 Å². The van der Waals surface area contributed by atoms with Crippen LogP contribution in [0, 0.1) is 24.2 Å². The Hall–Kier alpha value is -2.52. The zero-order valence-electron chi connectivity index (χ0n) is 21.5. The van der Waals surface area contributed by atoms with E-state index in [1.165, 1.54) is 10.5 Å². The third-order valence-corrected chi connectivity index (χ3v) is 8.61. The van der Waals surface area contributed by atoms with Gasteiger partial charge >= 0.3 is 0 Å². The third-order valence-electron chi connectivity index (χ3n) is 8.39. The largest absolute Gasteiger partial charge is 0.314 e. The monoisotopic (exact) mass is 542 g/mol. The number of piperazine rings is 1. The first-order chi connectivity index (χ1) is 17.2. The van der Waals surface area contributed by atoms with Gasteiger partial charge in [-0.25, -0.2) is 9.50 Å². The molecule has 2 amide bonds. The zero-order chi connectivity index (χ0) is 25.4. The van der Waals surface area contributed by atoms with Crippen molar-refractivity contribution < 1.29 is 9.59 Å². The lowest BCUT2D eigenvalue weighted by molar-refractivity contribution is -0.143. The Kier molecular flexibility index (Phi) is 6.59. The van der Waals surface area contributed by atoms with Gasteiger partial charge in [-0.05, 0) is 54.2 Å². The SMILES string of the molecule is Cc1cc(Cl)cc(-c2ncnn3cc(CN4C(=O)C5C(C4=O)C5(C)C)cc23)c1CN1CCNC[C@@H]1C.Cl. The molecule has 1 saturated carbocycles. The number of aryl methyl sites for hydroxylation is 1. The average molecular weight is 543 g/mol. The van der Waals surface area contributed by atoms with Crippen LogP contribution in [0.2, 0.25) is 5.02 Å². The molecule has 2 saturated heterocycles. The van der Waals surface area contributed by atoms with E-state index >= 15 is 0 Å². The molecule has 3 aromatic rings. The van der Waals surface area contributed by atoms with E-state index in [2.05, 4.69) is 34.1 Å². The number of carbonyl (C=O) groups is 2. The molecular formula is C27H32Cl2N6O2. The summed E-state index contributed by atoms with van der Waals surface area (Å²) in [4.78, 5) is 34.3. The number of carbonyl (C=O) groups excluding carboxylic acids is 2. The summed E-state index contributed by atoms with van der Waals surface area (Å²) in [7, 11) is 0. The molecule has 1 N–H and O–H groups in total. The molecule has 196 valence electrons. The molecule has 1 aliphatic carbocycles. The Morgan fingerprint density at radius 1 is 1.14 bits per heavy atom. The minimum absolute atomic E-state index is 0. The van der Waals surface area contributed by atoms with Gasteiger partial charge in [0.2, 0.25) is 11.8 Å². The van der Waals surface area contributed by atoms with E-state index in [4.69, 9.17) is 11.6 Å². The predicted octanol–water partition coefficient (Wildman–Crippen LogP) is 3.71. The van der Waals surface area contributed by atoms with Gasteiger partial charge in [0.25, 0.3) is 0 Å². The highest BCUT2D eigenvalue weighted by atomic mass is 35.5. The molecule has 3 aliphatic rings. The van der Waals surface area contributed by atoms with Gasteiger partial charge in [0.05, 0.1) is 29.6 Å². The first kappa shape index (κ1) is 26.1. The van der Waals surface area contributed by atoms with Gasteiger partial charge in [0, 0.05) is 49.0 Å². The summed E-state index contributed by atoms with van der Waals surface area (Å²) >= 11 is 6.53. The number of nitrogens with zero attached hydrogens (tertiary/aromatic N) is 5. The van der Waals surface area contributed by atoms with E-state index in [0.717, 1.165) is 54.1 Å². The van der Waals surface area contributed by atoms with Gasteiger partial charge < -0.3 is 5.32 Å². The number of likely N-dealkylation sites (tertiary alicyclic amines) is 1. The van der Waals surface area contributed by atoms with Crippen LogP contribution in [0.3, 0.4) is 0 Å². The molecule has 0 spiro atoms. The van der Waals surface area contributed by atoms with Crippen molar-refractivity contribution >= 4 is 41.3 Å². The van der Waals surface area contributed by atoms with Crippen molar-refractivity contribution in [1.29, 1.82) is 0 Å². The second-order valence-corrected chi connectivity index (χ2v) is 11.5. The second kappa shape index (κ2) is 9.34. The first-order valence-corrected chi connectivity index (χ1v) is 13.0. The summed E-state index contributed by atoms with van der Waals surface area (Å²) in [6.07, 6.45) is 3.43. The van der Waals surface area contributed by atoms with Crippen molar-refractivity contribution in [2.45, 2.75) is 46.8 Å². The zero-order valence-corrected chi connectivity index (χ0v) is 23.1. The molecule has 8 nitrogen and oxygen atoms in total. The third kappa shape index (κ3) is 4.24. The number of rotatable bonds is 5. The van der Waals surface area contributed by atoms with Crippen molar-refractivity contribution in [3.05, 3.63) is 52.4 Å². The second-order valence-electron chi connectivity index (χ2n) is 11.1. The molecule has 3 atom stereocenters. The van der Waals surface area contributed by atoms with Crippen molar-refractivity contribution in [3.63, 3.8) is 0 Å². The molecule has 4 heterocycles. The molecular weight excluding hydrogens is 511 g/mol. The van der Waals surface area contributed by atoms with E-state index in [9.17, 15) is 9.59 Å². The van der Waals surface area contributed by atoms with Crippen molar-refractivity contribution in [3.8, 4) is 11.3 Å². The average Bonchev–Trinajstić information content (AvgIpc) is 3.08. The highest BCUT2D eigenvalue weighted by Crippen LogP contribution is 2.63. The normalized spacial score (nSPS) is 24.9. The minimum Gasteiger partial charge on any atom is -0.314 e. The van der Waals surface area contributed by atoms with Crippen LogP contribution in [0.1, 0.15) is 37.5 Å². The Morgan fingerprint density at radius 2 is 1.86 bits per heavy atom. The Morgan fingerprint density at radius 3 is 2.57 bits per heavy atom. The van der Waals surface area contributed by atoms with E-state index < -0.39 is 0 Å². The summed E-state index contributed by atoms with van der Waals surface area (Å²) in [5.41, 5.74) is 5.58. The van der Waals surface area contributed by atoms with Crippen LogP contribution < -0.4 is 5.32 Å². The lowest BCUT2D eigenvalue weighted by atomic mass is 9.97. The number of aromatic nitrogens is 3. The van der Waals surface area contributed by atoms with Gasteiger partial charge in [-0.3, -0.25) is 19.4 Å². The maximum Gasteiger partial charge on any atom is 0.233 e. The van der Waals surface area contributed by atoms with Gasteiger partial charge in [0.15, 0.2) is 0 Å². The lowest BCUT2D eigenvalue weighted by Crippen LogP contribution is -2.49. The van der Waals surface area contributed by atoms with Crippen LogP contribution in [-0.4, -0.2) is 61.9 Å². The number of fused-ring (bicyclic) bond motifs is 2. The topological polar surface area (TPSA) is 82.8 Å². The van der Waals surface area contributed by atoms with Crippen molar-refractivity contribution in [1.82, 2.24) is 29.7 Å². The number of hydrogen-bond acceptors (Lipinski definition) is 6. The summed E-state index contributed by atoms with van der Waals surface area (Å²) in [6.45, 7) is 12.3. The van der Waals surface area contributed by atoms with Gasteiger partial charge in [0.1, 0.15) is 6.33 Å². The summed E-state index contributed by atoms with van der Waals surface area (Å²) in [6, 6.07) is 6.40. The minimum atomic E-state index is -0.211. The quantitative estimate of drug-likeness (QED) is 0.495. The number of imide groups is 1. The molecule has 10 heteroatoms. The van der Waals surface area contributed by atoms with E-state index in [1.807, 2.05) is 38.2 Å². The number of halogens is 2. The smallest absolute Gasteiger partial charge is 0.233 e. The fraction of sp³-hybridized carbons (Fsp3) is 0.481. The maximum atomic E-state index is 12.9. The predicted molar refractivity (Wildman–Crippen MR) is 144 cm³/mol. The van der Waals surface area contributed by atoms with Crippen molar-refractivity contribution in [2.75, 3.05) is 19.6 Å². The molecule has 1 aromatic carbocycles. The highest BCUT2D eigenvalue weighted by Gasteiger charge is 2.72. The number of hydrogen-bond donors (Lipinski definition) is 1. The molecule has 2 unspecified atom stereocenters. The number of nitrogens with one attached hydrogen (secondary N) is 1. The van der Waals surface area contributed by atoms with Crippen LogP contribution in [0.4, 0.5) is 0 Å². The summed E-state index contributed by atoms with van der Waals surface area (Å²) in [5.74, 6) is -0.479. The van der Waals surface area contributed by atoms with Gasteiger partial charge in [-0.1, -0.05) is 25.4 Å². The van der Waals surface area contributed by atoms with Crippen LogP contribution in [-0.2, 0) is 22.7 Å². The van der Waals surface area contributed by atoms with Gasteiger partial charge in [-0.15, -0.1) is 12.4 Å². The number of amides is 2. The number of piperidine rings is 1. The number of benzene rings is 1. The van der Waals surface area contributed by atoms with Crippen LogP contribution >= 0.6 is 24.0 Å². The fourth-order valence-corrected chi connectivity index (χ4v) is 6.41. The lowest BCUT2D eigenvalue weighted by Gasteiger charge is -2.34. The Labute approximate surface area is 227 Å². The maximum absolute atomic E-state index is 12.9. The highest BCUT2D eigenvalue weighted by molar-refractivity contribution is 6.31. The molecule has 3 fully saturated rings.